The summed E-state index contributed by atoms with van der Waals surface area (Å²) in [5.74, 6) is -0.349. The first kappa shape index (κ1) is 17.9. The number of carbonyl (C=O) groups excluding carboxylic acids is 1. The second-order valence-corrected chi connectivity index (χ2v) is 6.80. The Morgan fingerprint density at radius 1 is 1.32 bits per heavy atom. The van der Waals surface area contributed by atoms with E-state index in [0.717, 1.165) is 19.4 Å². The van der Waals surface area contributed by atoms with Gasteiger partial charge in [-0.05, 0) is 44.9 Å². The normalized spacial score (nSPS) is 26.5. The van der Waals surface area contributed by atoms with Crippen molar-refractivity contribution in [2.45, 2.75) is 45.0 Å². The summed E-state index contributed by atoms with van der Waals surface area (Å²) in [7, 11) is 0. The average Bonchev–Trinajstić information content (AvgIpc) is 3.05. The molecule has 1 aromatic rings. The van der Waals surface area contributed by atoms with Crippen molar-refractivity contribution in [1.82, 2.24) is 5.32 Å². The molecule has 0 bridgehead atoms. The van der Waals surface area contributed by atoms with Crippen molar-refractivity contribution in [2.24, 2.45) is 0 Å². The van der Waals surface area contributed by atoms with E-state index < -0.39 is 0 Å². The highest BCUT2D eigenvalue weighted by molar-refractivity contribution is 5.89. The van der Waals surface area contributed by atoms with Crippen LogP contribution in [0.1, 0.15) is 26.7 Å². The van der Waals surface area contributed by atoms with Gasteiger partial charge in [0.15, 0.2) is 0 Å². The molecule has 1 aromatic carbocycles. The molecule has 2 saturated heterocycles. The standard InChI is InChI=1S/C18H26FN3O3/c1-12-10-22(11-13(2)25-12)17-6-5-14(8-16(17)19)21-18(23)20-9-15-4-3-7-24-15/h5-6,8,12-13,15H,3-4,7,9-11H2,1-2H3,(H2,20,21,23)/t12-,13+,15-/m1/s1. The van der Waals surface area contributed by atoms with E-state index in [0.29, 0.717) is 31.0 Å². The molecule has 138 valence electrons. The maximum Gasteiger partial charge on any atom is 0.319 e. The van der Waals surface area contributed by atoms with Crippen LogP contribution in [-0.2, 0) is 9.47 Å². The molecular weight excluding hydrogens is 325 g/mol. The summed E-state index contributed by atoms with van der Waals surface area (Å²) in [5.41, 5.74) is 0.966. The quantitative estimate of drug-likeness (QED) is 0.876. The molecule has 2 N–H and O–H groups in total. The fourth-order valence-electron chi connectivity index (χ4n) is 3.40. The number of halogens is 1. The molecule has 0 spiro atoms. The van der Waals surface area contributed by atoms with Gasteiger partial charge in [-0.15, -0.1) is 0 Å². The lowest BCUT2D eigenvalue weighted by atomic mass is 10.2. The number of nitrogens with zero attached hydrogens (tertiary/aromatic N) is 1. The second kappa shape index (κ2) is 8.01. The number of ether oxygens (including phenoxy) is 2. The van der Waals surface area contributed by atoms with Crippen LogP contribution in [0.25, 0.3) is 0 Å². The SMILES string of the molecule is C[C@@H]1CN(c2ccc(NC(=O)NC[C@H]3CCCO3)cc2F)C[C@H](C)O1. The lowest BCUT2D eigenvalue weighted by molar-refractivity contribution is -0.00539. The Labute approximate surface area is 147 Å². The summed E-state index contributed by atoms with van der Waals surface area (Å²) >= 11 is 0. The fourth-order valence-corrected chi connectivity index (χ4v) is 3.40. The van der Waals surface area contributed by atoms with Crippen LogP contribution in [0.3, 0.4) is 0 Å². The second-order valence-electron chi connectivity index (χ2n) is 6.80. The van der Waals surface area contributed by atoms with Gasteiger partial charge in [-0.1, -0.05) is 0 Å². The number of rotatable bonds is 4. The molecule has 0 saturated carbocycles. The Bertz CT molecular complexity index is 597. The lowest BCUT2D eigenvalue weighted by Gasteiger charge is -2.37. The first-order valence-electron chi connectivity index (χ1n) is 8.87. The molecule has 2 amide bonds. The maximum absolute atomic E-state index is 14.5. The zero-order chi connectivity index (χ0) is 17.8. The molecule has 0 aromatic heterocycles. The van der Waals surface area contributed by atoms with Gasteiger partial charge in [0.25, 0.3) is 0 Å². The molecular formula is C18H26FN3O3. The monoisotopic (exact) mass is 351 g/mol. The number of urea groups is 1. The van der Waals surface area contributed by atoms with Gasteiger partial charge in [-0.25, -0.2) is 9.18 Å². The Hall–Kier alpha value is -1.86. The molecule has 2 aliphatic heterocycles. The van der Waals surface area contributed by atoms with Crippen molar-refractivity contribution in [2.75, 3.05) is 36.5 Å². The van der Waals surface area contributed by atoms with Crippen LogP contribution in [0.4, 0.5) is 20.6 Å². The highest BCUT2D eigenvalue weighted by Crippen LogP contribution is 2.26. The number of benzene rings is 1. The van der Waals surface area contributed by atoms with Crippen molar-refractivity contribution in [1.29, 1.82) is 0 Å². The fraction of sp³-hybridized carbons (Fsp3) is 0.611. The third kappa shape index (κ3) is 4.83. The number of morpholine rings is 1. The van der Waals surface area contributed by atoms with Crippen molar-refractivity contribution in [3.8, 4) is 0 Å². The molecule has 3 rings (SSSR count). The minimum atomic E-state index is -0.351. The number of nitrogens with one attached hydrogen (secondary N) is 2. The lowest BCUT2D eigenvalue weighted by Crippen LogP contribution is -2.45. The largest absolute Gasteiger partial charge is 0.376 e. The first-order chi connectivity index (χ1) is 12.0. The highest BCUT2D eigenvalue weighted by Gasteiger charge is 2.24. The number of hydrogen-bond acceptors (Lipinski definition) is 4. The predicted octanol–water partition coefficient (Wildman–Crippen LogP) is 2.74. The van der Waals surface area contributed by atoms with Crippen LogP contribution in [0.2, 0.25) is 0 Å². The topological polar surface area (TPSA) is 62.8 Å². The highest BCUT2D eigenvalue weighted by atomic mass is 19.1. The van der Waals surface area contributed by atoms with Gasteiger partial charge in [-0.3, -0.25) is 0 Å². The molecule has 2 fully saturated rings. The minimum absolute atomic E-state index is 0.0598. The molecule has 2 heterocycles. The molecule has 3 atom stereocenters. The van der Waals surface area contributed by atoms with Gasteiger partial charge in [-0.2, -0.15) is 0 Å². The smallest absolute Gasteiger partial charge is 0.319 e. The van der Waals surface area contributed by atoms with Gasteiger partial charge in [0.1, 0.15) is 5.82 Å². The van der Waals surface area contributed by atoms with Crippen LogP contribution in [0.15, 0.2) is 18.2 Å². The van der Waals surface area contributed by atoms with Crippen molar-refractivity contribution < 1.29 is 18.7 Å². The zero-order valence-electron chi connectivity index (χ0n) is 14.8. The molecule has 0 unspecified atom stereocenters. The predicted molar refractivity (Wildman–Crippen MR) is 94.6 cm³/mol. The van der Waals surface area contributed by atoms with Gasteiger partial charge in [0.2, 0.25) is 0 Å². The summed E-state index contributed by atoms with van der Waals surface area (Å²) in [6, 6.07) is 4.42. The zero-order valence-corrected chi connectivity index (χ0v) is 14.8. The Morgan fingerprint density at radius 3 is 2.72 bits per heavy atom. The van der Waals surface area contributed by atoms with Crippen molar-refractivity contribution >= 4 is 17.4 Å². The van der Waals surface area contributed by atoms with Gasteiger partial charge in [0, 0.05) is 31.9 Å². The summed E-state index contributed by atoms with van der Waals surface area (Å²) < 4.78 is 25.6. The average molecular weight is 351 g/mol. The molecule has 0 aliphatic carbocycles. The van der Waals surface area contributed by atoms with E-state index in [9.17, 15) is 9.18 Å². The van der Waals surface area contributed by atoms with E-state index in [2.05, 4.69) is 10.6 Å². The summed E-state index contributed by atoms with van der Waals surface area (Å²) in [6.07, 6.45) is 2.18. The van der Waals surface area contributed by atoms with Crippen LogP contribution in [0.5, 0.6) is 0 Å². The molecule has 25 heavy (non-hydrogen) atoms. The van der Waals surface area contributed by atoms with E-state index in [1.54, 1.807) is 12.1 Å². The molecule has 6 nitrogen and oxygen atoms in total. The van der Waals surface area contributed by atoms with Crippen LogP contribution >= 0.6 is 0 Å². The summed E-state index contributed by atoms with van der Waals surface area (Å²) in [4.78, 5) is 13.9. The van der Waals surface area contributed by atoms with Gasteiger partial charge in [0.05, 0.1) is 24.0 Å². The van der Waals surface area contributed by atoms with E-state index in [4.69, 9.17) is 9.47 Å². The Balaban J connectivity index is 1.56. The van der Waals surface area contributed by atoms with Crippen LogP contribution in [-0.4, -0.2) is 50.6 Å². The first-order valence-corrected chi connectivity index (χ1v) is 8.87. The van der Waals surface area contributed by atoms with Crippen LogP contribution in [0, 0.1) is 5.82 Å². The maximum atomic E-state index is 14.5. The van der Waals surface area contributed by atoms with Crippen molar-refractivity contribution in [3.63, 3.8) is 0 Å². The minimum Gasteiger partial charge on any atom is -0.376 e. The van der Waals surface area contributed by atoms with Gasteiger partial charge >= 0.3 is 6.03 Å². The van der Waals surface area contributed by atoms with Gasteiger partial charge < -0.3 is 25.0 Å². The Morgan fingerprint density at radius 2 is 2.08 bits per heavy atom. The Kier molecular flexibility index (Phi) is 5.75. The van der Waals surface area contributed by atoms with E-state index >= 15 is 0 Å². The number of carbonyl (C=O) groups is 1. The third-order valence-electron chi connectivity index (χ3n) is 4.48. The third-order valence-corrected chi connectivity index (χ3v) is 4.48. The molecule has 2 aliphatic rings. The molecule has 0 radical (unpaired) electrons. The summed E-state index contributed by atoms with van der Waals surface area (Å²) in [6.45, 7) is 6.48. The van der Waals surface area contributed by atoms with Crippen molar-refractivity contribution in [3.05, 3.63) is 24.0 Å². The molecule has 7 heteroatoms. The number of amides is 2. The summed E-state index contributed by atoms with van der Waals surface area (Å²) in [5, 5.41) is 5.42. The van der Waals surface area contributed by atoms with E-state index in [1.165, 1.54) is 6.07 Å². The number of anilines is 2. The van der Waals surface area contributed by atoms with E-state index in [1.807, 2.05) is 18.7 Å². The van der Waals surface area contributed by atoms with E-state index in [-0.39, 0.29) is 30.2 Å². The van der Waals surface area contributed by atoms with Crippen LogP contribution < -0.4 is 15.5 Å². The number of hydrogen-bond donors (Lipinski definition) is 2.